The van der Waals surface area contributed by atoms with Gasteiger partial charge in [0.2, 0.25) is 0 Å². The first-order chi connectivity index (χ1) is 9.42. The van der Waals surface area contributed by atoms with Gasteiger partial charge in [0.1, 0.15) is 0 Å². The first-order valence-electron chi connectivity index (χ1n) is 6.95. The molecule has 1 aromatic rings. The van der Waals surface area contributed by atoms with E-state index in [0.717, 1.165) is 5.56 Å². The molecule has 1 atom stereocenters. The zero-order chi connectivity index (χ0) is 15.2. The lowest BCUT2D eigenvalue weighted by Gasteiger charge is -2.34. The summed E-state index contributed by atoms with van der Waals surface area (Å²) in [5.74, 6) is 0.421. The van der Waals surface area contributed by atoms with Crippen LogP contribution in [0.25, 0.3) is 0 Å². The van der Waals surface area contributed by atoms with E-state index < -0.39 is 5.54 Å². The summed E-state index contributed by atoms with van der Waals surface area (Å²) in [6.45, 7) is 8.35. The monoisotopic (exact) mass is 295 g/mol. The minimum absolute atomic E-state index is 0.182. The molecule has 0 aliphatic rings. The maximum atomic E-state index is 12.5. The first-order valence-corrected chi connectivity index (χ1v) is 8.00. The summed E-state index contributed by atoms with van der Waals surface area (Å²) in [5.41, 5.74) is 0.160. The quantitative estimate of drug-likeness (QED) is 0.784. The van der Waals surface area contributed by atoms with Crippen LogP contribution < -0.4 is 5.32 Å². The van der Waals surface area contributed by atoms with Gasteiger partial charge in [-0.15, -0.1) is 0 Å². The third-order valence-electron chi connectivity index (χ3n) is 2.97. The average molecular weight is 295 g/mol. The number of carbonyl (C=O) groups excluding carboxylic acids is 1. The molecule has 112 valence electrons. The zero-order valence-corrected chi connectivity index (χ0v) is 13.8. The Morgan fingerprint density at radius 1 is 1.25 bits per heavy atom. The molecule has 1 N–H and O–H groups in total. The molecule has 1 aromatic carbocycles. The van der Waals surface area contributed by atoms with Crippen molar-refractivity contribution in [3.8, 4) is 0 Å². The molecule has 20 heavy (non-hydrogen) atoms. The lowest BCUT2D eigenvalue weighted by Crippen LogP contribution is -2.54. The second-order valence-electron chi connectivity index (χ2n) is 5.42. The molecule has 0 heterocycles. The zero-order valence-electron chi connectivity index (χ0n) is 13.0. The fourth-order valence-electron chi connectivity index (χ4n) is 2.13. The molecule has 4 heteroatoms. The summed E-state index contributed by atoms with van der Waals surface area (Å²) in [7, 11) is 1.45. The van der Waals surface area contributed by atoms with E-state index in [4.69, 9.17) is 4.74 Å². The van der Waals surface area contributed by atoms with Gasteiger partial charge in [-0.25, -0.2) is 4.79 Å². The Bertz CT molecular complexity index is 420. The van der Waals surface area contributed by atoms with Crippen molar-refractivity contribution < 1.29 is 9.53 Å². The number of methoxy groups -OCH3 is 1. The fraction of sp³-hybridized carbons (Fsp3) is 0.562. The maximum Gasteiger partial charge on any atom is 0.331 e. The van der Waals surface area contributed by atoms with Gasteiger partial charge in [-0.3, -0.25) is 5.32 Å². The molecule has 0 fully saturated rings. The summed E-state index contributed by atoms with van der Waals surface area (Å²) in [6.07, 6.45) is 0. The number of thioether (sulfide) groups is 1. The van der Waals surface area contributed by atoms with Gasteiger partial charge < -0.3 is 4.74 Å². The van der Waals surface area contributed by atoms with Gasteiger partial charge in [0, 0.05) is 11.8 Å². The summed E-state index contributed by atoms with van der Waals surface area (Å²) in [5, 5.41) is 3.88. The standard InChI is InChI=1S/C16H25NO2S/c1-12(2)17-16(15(18)19-5,11-20-13(3)4)14-9-7-6-8-10-14/h6-10,12-13,17H,11H2,1-5H3. The minimum Gasteiger partial charge on any atom is -0.467 e. The number of ether oxygens (including phenoxy) is 1. The molecule has 0 bridgehead atoms. The maximum absolute atomic E-state index is 12.5. The third-order valence-corrected chi connectivity index (χ3v) is 4.24. The van der Waals surface area contributed by atoms with E-state index in [9.17, 15) is 4.79 Å². The highest BCUT2D eigenvalue weighted by atomic mass is 32.2. The molecule has 0 radical (unpaired) electrons. The number of esters is 1. The van der Waals surface area contributed by atoms with Gasteiger partial charge in [-0.05, 0) is 24.7 Å². The predicted molar refractivity (Wildman–Crippen MR) is 86.0 cm³/mol. The number of rotatable bonds is 7. The van der Waals surface area contributed by atoms with Gasteiger partial charge in [-0.2, -0.15) is 11.8 Å². The van der Waals surface area contributed by atoms with Crippen molar-refractivity contribution in [3.63, 3.8) is 0 Å². The van der Waals surface area contributed by atoms with Gasteiger partial charge in [0.05, 0.1) is 7.11 Å². The molecule has 0 aliphatic heterocycles. The molecule has 0 saturated carbocycles. The Morgan fingerprint density at radius 2 is 1.85 bits per heavy atom. The predicted octanol–water partition coefficient (Wildman–Crippen LogP) is 3.19. The van der Waals surface area contributed by atoms with Crippen LogP contribution in [0.3, 0.4) is 0 Å². The Morgan fingerprint density at radius 3 is 2.30 bits per heavy atom. The number of carbonyl (C=O) groups is 1. The number of hydrogen-bond donors (Lipinski definition) is 1. The van der Waals surface area contributed by atoms with Crippen LogP contribution in [0.2, 0.25) is 0 Å². The molecule has 0 saturated heterocycles. The van der Waals surface area contributed by atoms with Crippen molar-refractivity contribution >= 4 is 17.7 Å². The number of nitrogens with one attached hydrogen (secondary N) is 1. The largest absolute Gasteiger partial charge is 0.467 e. The van der Waals surface area contributed by atoms with Crippen molar-refractivity contribution in [1.82, 2.24) is 5.32 Å². The van der Waals surface area contributed by atoms with Crippen LogP contribution in [0.4, 0.5) is 0 Å². The smallest absolute Gasteiger partial charge is 0.331 e. The van der Waals surface area contributed by atoms with Crippen molar-refractivity contribution in [3.05, 3.63) is 35.9 Å². The normalized spacial score (nSPS) is 14.3. The average Bonchev–Trinajstić information content (AvgIpc) is 2.43. The van der Waals surface area contributed by atoms with Crippen LogP contribution in [-0.4, -0.2) is 30.1 Å². The second-order valence-corrected chi connectivity index (χ2v) is 6.99. The van der Waals surface area contributed by atoms with Crippen LogP contribution in [0.1, 0.15) is 33.3 Å². The summed E-state index contributed by atoms with van der Waals surface area (Å²) in [6, 6.07) is 10.0. The molecule has 0 aliphatic carbocycles. The van der Waals surface area contributed by atoms with E-state index in [1.54, 1.807) is 11.8 Å². The van der Waals surface area contributed by atoms with Gasteiger partial charge in [0.25, 0.3) is 0 Å². The molecule has 0 aromatic heterocycles. The van der Waals surface area contributed by atoms with Gasteiger partial charge in [-0.1, -0.05) is 44.2 Å². The van der Waals surface area contributed by atoms with Crippen molar-refractivity contribution in [1.29, 1.82) is 0 Å². The highest BCUT2D eigenvalue weighted by Gasteiger charge is 2.41. The van der Waals surface area contributed by atoms with Crippen LogP contribution in [-0.2, 0) is 15.1 Å². The van der Waals surface area contributed by atoms with Crippen LogP contribution >= 0.6 is 11.8 Å². The van der Waals surface area contributed by atoms with Crippen molar-refractivity contribution in [2.24, 2.45) is 0 Å². The summed E-state index contributed by atoms with van der Waals surface area (Å²) >= 11 is 1.76. The Labute approximate surface area is 126 Å². The highest BCUT2D eigenvalue weighted by Crippen LogP contribution is 2.29. The SMILES string of the molecule is COC(=O)C(CSC(C)C)(NC(C)C)c1ccccc1. The third kappa shape index (κ3) is 4.25. The van der Waals surface area contributed by atoms with Gasteiger partial charge in [0.15, 0.2) is 5.54 Å². The lowest BCUT2D eigenvalue weighted by molar-refractivity contribution is -0.148. The first kappa shape index (κ1) is 17.1. The van der Waals surface area contributed by atoms with Crippen LogP contribution in [0.15, 0.2) is 30.3 Å². The minimum atomic E-state index is -0.793. The Hall–Kier alpha value is -1.00. The van der Waals surface area contributed by atoms with E-state index in [2.05, 4.69) is 19.2 Å². The van der Waals surface area contributed by atoms with E-state index in [-0.39, 0.29) is 12.0 Å². The van der Waals surface area contributed by atoms with E-state index in [1.165, 1.54) is 7.11 Å². The van der Waals surface area contributed by atoms with Gasteiger partial charge >= 0.3 is 5.97 Å². The number of benzene rings is 1. The molecule has 1 rings (SSSR count). The van der Waals surface area contributed by atoms with Crippen LogP contribution in [0, 0.1) is 0 Å². The highest BCUT2D eigenvalue weighted by molar-refractivity contribution is 7.99. The van der Waals surface area contributed by atoms with E-state index >= 15 is 0 Å². The molecule has 3 nitrogen and oxygen atoms in total. The molecule has 0 spiro atoms. The van der Waals surface area contributed by atoms with Crippen molar-refractivity contribution in [2.75, 3.05) is 12.9 Å². The molecule has 0 amide bonds. The number of hydrogen-bond acceptors (Lipinski definition) is 4. The summed E-state index contributed by atoms with van der Waals surface area (Å²) in [4.78, 5) is 12.5. The topological polar surface area (TPSA) is 38.3 Å². The van der Waals surface area contributed by atoms with Crippen LogP contribution in [0.5, 0.6) is 0 Å². The fourth-order valence-corrected chi connectivity index (χ4v) is 3.08. The molecular formula is C16H25NO2S. The van der Waals surface area contributed by atoms with Crippen molar-refractivity contribution in [2.45, 2.75) is 44.5 Å². The lowest BCUT2D eigenvalue weighted by atomic mass is 9.91. The Balaban J connectivity index is 3.21. The van der Waals surface area contributed by atoms with E-state index in [0.29, 0.717) is 11.0 Å². The van der Waals surface area contributed by atoms with E-state index in [1.807, 2.05) is 44.2 Å². The second kappa shape index (κ2) is 7.70. The Kier molecular flexibility index (Phi) is 6.56. The molecule has 1 unspecified atom stereocenters. The summed E-state index contributed by atoms with van der Waals surface area (Å²) < 4.78 is 5.09. The molecular weight excluding hydrogens is 270 g/mol.